The minimum atomic E-state index is -0.681. The van der Waals surface area contributed by atoms with E-state index in [1.807, 2.05) is 0 Å². The molecule has 3 N–H and O–H groups in total. The maximum absolute atomic E-state index is 10.4. The van der Waals surface area contributed by atoms with Crippen molar-refractivity contribution in [3.63, 3.8) is 0 Å². The number of aliphatic carboxylic acids is 1. The highest BCUT2D eigenvalue weighted by Gasteiger charge is 2.15. The van der Waals surface area contributed by atoms with E-state index in [0.717, 1.165) is 51.4 Å². The zero-order chi connectivity index (χ0) is 20.9. The van der Waals surface area contributed by atoms with Crippen LogP contribution in [0.1, 0.15) is 135 Å². The summed E-state index contributed by atoms with van der Waals surface area (Å²) >= 11 is 0. The van der Waals surface area contributed by atoms with Gasteiger partial charge >= 0.3 is 5.97 Å². The maximum Gasteiger partial charge on any atom is 0.303 e. The summed E-state index contributed by atoms with van der Waals surface area (Å²) in [5, 5.41) is 28.7. The molecule has 0 saturated heterocycles. The molecule has 0 bridgehead atoms. The number of carbonyl (C=O) groups is 1. The van der Waals surface area contributed by atoms with E-state index in [9.17, 15) is 15.0 Å². The molecular weight excluding hydrogens is 352 g/mol. The SMILES string of the molecule is CCCCCCCCC(O)C(O)CCCCCCCCCCCCCC(=O)O. The minimum absolute atomic E-state index is 0.310. The Labute approximate surface area is 174 Å². The van der Waals surface area contributed by atoms with E-state index < -0.39 is 18.2 Å². The fourth-order valence-electron chi connectivity index (χ4n) is 3.74. The Hall–Kier alpha value is -0.610. The van der Waals surface area contributed by atoms with E-state index in [4.69, 9.17) is 5.11 Å². The van der Waals surface area contributed by atoms with Gasteiger partial charge in [-0.05, 0) is 19.3 Å². The smallest absolute Gasteiger partial charge is 0.303 e. The molecule has 0 spiro atoms. The van der Waals surface area contributed by atoms with E-state index in [2.05, 4.69) is 6.92 Å². The number of aliphatic hydroxyl groups is 2. The number of hydrogen-bond donors (Lipinski definition) is 3. The summed E-state index contributed by atoms with van der Waals surface area (Å²) in [6.45, 7) is 2.22. The average Bonchev–Trinajstić information content (AvgIpc) is 2.67. The second kappa shape index (κ2) is 21.1. The number of hydrogen-bond acceptors (Lipinski definition) is 3. The highest BCUT2D eigenvalue weighted by molar-refractivity contribution is 5.66. The zero-order valence-corrected chi connectivity index (χ0v) is 18.5. The third-order valence-corrected chi connectivity index (χ3v) is 5.69. The second-order valence-corrected chi connectivity index (χ2v) is 8.51. The molecule has 2 atom stereocenters. The molecule has 168 valence electrons. The number of carboxylic acid groups (broad SMARTS) is 1. The molecule has 0 aliphatic heterocycles. The van der Waals surface area contributed by atoms with Crippen molar-refractivity contribution in [1.29, 1.82) is 0 Å². The van der Waals surface area contributed by atoms with Crippen LogP contribution in [0.2, 0.25) is 0 Å². The van der Waals surface area contributed by atoms with Gasteiger partial charge in [0.1, 0.15) is 0 Å². The zero-order valence-electron chi connectivity index (χ0n) is 18.5. The third-order valence-electron chi connectivity index (χ3n) is 5.69. The second-order valence-electron chi connectivity index (χ2n) is 8.51. The summed E-state index contributed by atoms with van der Waals surface area (Å²) in [7, 11) is 0. The van der Waals surface area contributed by atoms with Crippen molar-refractivity contribution in [2.45, 2.75) is 148 Å². The van der Waals surface area contributed by atoms with Crippen LogP contribution in [0.3, 0.4) is 0 Å². The minimum Gasteiger partial charge on any atom is -0.481 e. The summed E-state index contributed by atoms with van der Waals surface area (Å²) in [6.07, 6.45) is 20.7. The first-order valence-electron chi connectivity index (χ1n) is 12.2. The van der Waals surface area contributed by atoms with Crippen LogP contribution in [-0.4, -0.2) is 33.5 Å². The molecule has 4 nitrogen and oxygen atoms in total. The lowest BCUT2D eigenvalue weighted by molar-refractivity contribution is -0.137. The first-order valence-corrected chi connectivity index (χ1v) is 12.2. The van der Waals surface area contributed by atoms with Gasteiger partial charge in [-0.25, -0.2) is 0 Å². The van der Waals surface area contributed by atoms with E-state index >= 15 is 0 Å². The van der Waals surface area contributed by atoms with Gasteiger partial charge in [0.05, 0.1) is 12.2 Å². The normalized spacial score (nSPS) is 13.5. The number of unbranched alkanes of at least 4 members (excludes halogenated alkanes) is 15. The molecule has 0 aliphatic carbocycles. The fraction of sp³-hybridized carbons (Fsp3) is 0.958. The largest absolute Gasteiger partial charge is 0.481 e. The molecular formula is C24H48O4. The van der Waals surface area contributed by atoms with Gasteiger partial charge in [0.25, 0.3) is 0 Å². The van der Waals surface area contributed by atoms with Crippen molar-refractivity contribution in [3.8, 4) is 0 Å². The van der Waals surface area contributed by atoms with Crippen LogP contribution in [0, 0.1) is 0 Å². The van der Waals surface area contributed by atoms with Crippen LogP contribution in [-0.2, 0) is 4.79 Å². The first-order chi connectivity index (χ1) is 13.6. The van der Waals surface area contributed by atoms with Crippen molar-refractivity contribution in [2.75, 3.05) is 0 Å². The average molecular weight is 401 g/mol. The van der Waals surface area contributed by atoms with Crippen LogP contribution in [0.15, 0.2) is 0 Å². The lowest BCUT2D eigenvalue weighted by atomic mass is 9.99. The molecule has 0 heterocycles. The highest BCUT2D eigenvalue weighted by atomic mass is 16.4. The summed E-state index contributed by atoms with van der Waals surface area (Å²) in [6, 6.07) is 0. The standard InChI is InChI=1S/C24H48O4/c1-2-3-4-5-13-16-19-22(25)23(26)20-17-14-11-9-7-6-8-10-12-15-18-21-24(27)28/h22-23,25-26H,2-21H2,1H3,(H,27,28). The molecule has 2 unspecified atom stereocenters. The topological polar surface area (TPSA) is 77.8 Å². The Morgan fingerprint density at radius 3 is 1.25 bits per heavy atom. The molecule has 28 heavy (non-hydrogen) atoms. The van der Waals surface area contributed by atoms with Crippen molar-refractivity contribution in [2.24, 2.45) is 0 Å². The van der Waals surface area contributed by atoms with Gasteiger partial charge in [-0.3, -0.25) is 4.79 Å². The number of rotatable bonds is 22. The van der Waals surface area contributed by atoms with Gasteiger partial charge < -0.3 is 15.3 Å². The van der Waals surface area contributed by atoms with E-state index in [0.29, 0.717) is 6.42 Å². The number of carboxylic acids is 1. The molecule has 0 aliphatic rings. The van der Waals surface area contributed by atoms with Crippen LogP contribution < -0.4 is 0 Å². The molecule has 0 aromatic rings. The quantitative estimate of drug-likeness (QED) is 0.179. The van der Waals surface area contributed by atoms with Crippen molar-refractivity contribution < 1.29 is 20.1 Å². The molecule has 0 aromatic carbocycles. The van der Waals surface area contributed by atoms with E-state index in [1.165, 1.54) is 70.6 Å². The molecule has 0 saturated carbocycles. The summed E-state index contributed by atoms with van der Waals surface area (Å²) in [5.74, 6) is -0.681. The lowest BCUT2D eigenvalue weighted by Crippen LogP contribution is -2.25. The third kappa shape index (κ3) is 20.1. The molecule has 0 aromatic heterocycles. The summed E-state index contributed by atoms with van der Waals surface area (Å²) in [4.78, 5) is 10.4. The molecule has 4 heteroatoms. The molecule has 0 rings (SSSR count). The van der Waals surface area contributed by atoms with E-state index in [-0.39, 0.29) is 0 Å². The van der Waals surface area contributed by atoms with Crippen LogP contribution in [0.4, 0.5) is 0 Å². The van der Waals surface area contributed by atoms with Gasteiger partial charge in [0.15, 0.2) is 0 Å². The monoisotopic (exact) mass is 400 g/mol. The van der Waals surface area contributed by atoms with E-state index in [1.54, 1.807) is 0 Å². The Bertz CT molecular complexity index is 333. The molecule has 0 amide bonds. The van der Waals surface area contributed by atoms with Gasteiger partial charge in [0, 0.05) is 6.42 Å². The predicted molar refractivity (Wildman–Crippen MR) is 118 cm³/mol. The Morgan fingerprint density at radius 1 is 0.571 bits per heavy atom. The summed E-state index contributed by atoms with van der Waals surface area (Å²) < 4.78 is 0. The summed E-state index contributed by atoms with van der Waals surface area (Å²) in [5.41, 5.74) is 0. The van der Waals surface area contributed by atoms with Crippen molar-refractivity contribution in [3.05, 3.63) is 0 Å². The fourth-order valence-corrected chi connectivity index (χ4v) is 3.74. The van der Waals surface area contributed by atoms with Crippen LogP contribution in [0.5, 0.6) is 0 Å². The lowest BCUT2D eigenvalue weighted by Gasteiger charge is -2.17. The van der Waals surface area contributed by atoms with Gasteiger partial charge in [0.2, 0.25) is 0 Å². The van der Waals surface area contributed by atoms with Crippen LogP contribution >= 0.6 is 0 Å². The van der Waals surface area contributed by atoms with Gasteiger partial charge in [-0.1, -0.05) is 110 Å². The Kier molecular flexibility index (Phi) is 20.6. The van der Waals surface area contributed by atoms with Gasteiger partial charge in [-0.15, -0.1) is 0 Å². The highest BCUT2D eigenvalue weighted by Crippen LogP contribution is 2.16. The van der Waals surface area contributed by atoms with Crippen molar-refractivity contribution in [1.82, 2.24) is 0 Å². The number of aliphatic hydroxyl groups excluding tert-OH is 2. The van der Waals surface area contributed by atoms with Crippen molar-refractivity contribution >= 4 is 5.97 Å². The predicted octanol–water partition coefficient (Wildman–Crippen LogP) is 6.61. The Balaban J connectivity index is 3.28. The van der Waals surface area contributed by atoms with Crippen LogP contribution in [0.25, 0.3) is 0 Å². The van der Waals surface area contributed by atoms with Gasteiger partial charge in [-0.2, -0.15) is 0 Å². The maximum atomic E-state index is 10.4. The molecule has 0 radical (unpaired) electrons. The first kappa shape index (κ1) is 27.4. The Morgan fingerprint density at radius 2 is 0.893 bits per heavy atom. The molecule has 0 fully saturated rings.